The highest BCUT2D eigenvalue weighted by Crippen LogP contribution is 2.24. The number of aliphatic hydroxyl groups excluding tert-OH is 1. The van der Waals surface area contributed by atoms with Gasteiger partial charge in [-0.3, -0.25) is 0 Å². The second-order valence-electron chi connectivity index (χ2n) is 2.55. The molecule has 3 heteroatoms. The van der Waals surface area contributed by atoms with E-state index in [9.17, 15) is 5.11 Å². The van der Waals surface area contributed by atoms with Crippen LogP contribution in [0.3, 0.4) is 0 Å². The van der Waals surface area contributed by atoms with Gasteiger partial charge in [-0.1, -0.05) is 6.92 Å². The summed E-state index contributed by atoms with van der Waals surface area (Å²) >= 11 is 0. The first-order chi connectivity index (χ1) is 4.16. The van der Waals surface area contributed by atoms with Crippen molar-refractivity contribution in [3.05, 3.63) is 0 Å². The Morgan fingerprint density at radius 2 is 2.44 bits per heavy atom. The Labute approximate surface area is 54.3 Å². The topological polar surface area (TPSA) is 49.7 Å². The molecule has 54 valence electrons. The van der Waals surface area contributed by atoms with E-state index in [4.69, 9.17) is 9.84 Å². The molecule has 0 amide bonds. The number of ether oxygens (including phenoxy) is 1. The Kier molecular flexibility index (Phi) is 1.75. The zero-order valence-electron chi connectivity index (χ0n) is 5.50. The SMILES string of the molecule is CC[C@]1(O)COC(O)C1. The van der Waals surface area contributed by atoms with E-state index in [1.165, 1.54) is 0 Å². The van der Waals surface area contributed by atoms with Gasteiger partial charge >= 0.3 is 0 Å². The minimum Gasteiger partial charge on any atom is -0.387 e. The molecule has 1 fully saturated rings. The summed E-state index contributed by atoms with van der Waals surface area (Å²) in [5.74, 6) is 0. The third-order valence-electron chi connectivity index (χ3n) is 1.76. The van der Waals surface area contributed by atoms with Crippen LogP contribution < -0.4 is 0 Å². The van der Waals surface area contributed by atoms with Gasteiger partial charge in [0.2, 0.25) is 0 Å². The lowest BCUT2D eigenvalue weighted by molar-refractivity contribution is -0.0612. The lowest BCUT2D eigenvalue weighted by Gasteiger charge is -2.16. The maximum Gasteiger partial charge on any atom is 0.157 e. The Bertz CT molecular complexity index is 104. The fourth-order valence-corrected chi connectivity index (χ4v) is 0.941. The third kappa shape index (κ3) is 1.41. The van der Waals surface area contributed by atoms with E-state index >= 15 is 0 Å². The van der Waals surface area contributed by atoms with Crippen LogP contribution in [0.15, 0.2) is 0 Å². The highest BCUT2D eigenvalue weighted by Gasteiger charge is 2.35. The summed E-state index contributed by atoms with van der Waals surface area (Å²) in [4.78, 5) is 0. The quantitative estimate of drug-likeness (QED) is 0.522. The van der Waals surface area contributed by atoms with Crippen LogP contribution in [-0.4, -0.2) is 28.7 Å². The average molecular weight is 132 g/mol. The van der Waals surface area contributed by atoms with E-state index < -0.39 is 11.9 Å². The normalized spacial score (nSPS) is 43.7. The number of hydrogen-bond donors (Lipinski definition) is 2. The van der Waals surface area contributed by atoms with E-state index in [0.29, 0.717) is 12.8 Å². The molecule has 0 radical (unpaired) electrons. The largest absolute Gasteiger partial charge is 0.387 e. The van der Waals surface area contributed by atoms with Gasteiger partial charge in [-0.15, -0.1) is 0 Å². The molecule has 0 aromatic rings. The van der Waals surface area contributed by atoms with Crippen LogP contribution in [0.2, 0.25) is 0 Å². The summed E-state index contributed by atoms with van der Waals surface area (Å²) in [7, 11) is 0. The minimum absolute atomic E-state index is 0.269. The molecule has 1 aliphatic heterocycles. The van der Waals surface area contributed by atoms with Crippen molar-refractivity contribution in [2.45, 2.75) is 31.7 Å². The van der Waals surface area contributed by atoms with Crippen molar-refractivity contribution in [1.29, 1.82) is 0 Å². The molecule has 0 aromatic heterocycles. The average Bonchev–Trinajstić information content (AvgIpc) is 2.13. The van der Waals surface area contributed by atoms with Gasteiger partial charge in [0.15, 0.2) is 6.29 Å². The number of aliphatic hydroxyl groups is 2. The van der Waals surface area contributed by atoms with Gasteiger partial charge in [0.25, 0.3) is 0 Å². The van der Waals surface area contributed by atoms with Crippen LogP contribution in [0.1, 0.15) is 19.8 Å². The van der Waals surface area contributed by atoms with E-state index in [2.05, 4.69) is 0 Å². The van der Waals surface area contributed by atoms with Gasteiger partial charge in [0.05, 0.1) is 12.2 Å². The lowest BCUT2D eigenvalue weighted by Crippen LogP contribution is -2.27. The molecule has 2 N–H and O–H groups in total. The predicted octanol–water partition coefficient (Wildman–Crippen LogP) is -0.134. The van der Waals surface area contributed by atoms with Crippen molar-refractivity contribution in [3.8, 4) is 0 Å². The Balaban J connectivity index is 2.45. The van der Waals surface area contributed by atoms with Crippen molar-refractivity contribution >= 4 is 0 Å². The summed E-state index contributed by atoms with van der Waals surface area (Å²) in [6, 6.07) is 0. The second kappa shape index (κ2) is 2.25. The third-order valence-corrected chi connectivity index (χ3v) is 1.76. The molecule has 1 unspecified atom stereocenters. The van der Waals surface area contributed by atoms with Crippen LogP contribution in [0.5, 0.6) is 0 Å². The molecule has 0 aliphatic carbocycles. The molecule has 1 heterocycles. The van der Waals surface area contributed by atoms with Crippen LogP contribution in [-0.2, 0) is 4.74 Å². The highest BCUT2D eigenvalue weighted by molar-refractivity contribution is 4.82. The van der Waals surface area contributed by atoms with E-state index in [1.807, 2.05) is 6.92 Å². The van der Waals surface area contributed by atoms with Gasteiger partial charge in [-0.05, 0) is 6.42 Å². The smallest absolute Gasteiger partial charge is 0.157 e. The van der Waals surface area contributed by atoms with E-state index in [0.717, 1.165) is 0 Å². The molecular formula is C6H12O3. The van der Waals surface area contributed by atoms with Crippen LogP contribution >= 0.6 is 0 Å². The number of rotatable bonds is 1. The van der Waals surface area contributed by atoms with Crippen LogP contribution in [0, 0.1) is 0 Å². The molecule has 0 bridgehead atoms. The molecule has 1 rings (SSSR count). The molecule has 1 saturated heterocycles. The molecule has 9 heavy (non-hydrogen) atoms. The summed E-state index contributed by atoms with van der Waals surface area (Å²) in [5.41, 5.74) is -0.764. The molecular weight excluding hydrogens is 120 g/mol. The lowest BCUT2D eigenvalue weighted by atomic mass is 10.0. The summed E-state index contributed by atoms with van der Waals surface area (Å²) < 4.78 is 4.76. The summed E-state index contributed by atoms with van der Waals surface area (Å²) in [5, 5.41) is 18.2. The Morgan fingerprint density at radius 3 is 2.67 bits per heavy atom. The molecule has 2 atom stereocenters. The van der Waals surface area contributed by atoms with E-state index in [1.54, 1.807) is 0 Å². The van der Waals surface area contributed by atoms with Gasteiger partial charge in [0, 0.05) is 6.42 Å². The zero-order valence-corrected chi connectivity index (χ0v) is 5.50. The van der Waals surface area contributed by atoms with Gasteiger partial charge in [-0.25, -0.2) is 0 Å². The first-order valence-electron chi connectivity index (χ1n) is 3.18. The number of hydrogen-bond acceptors (Lipinski definition) is 3. The molecule has 0 saturated carbocycles. The Hall–Kier alpha value is -0.120. The van der Waals surface area contributed by atoms with Crippen molar-refractivity contribution in [2.24, 2.45) is 0 Å². The second-order valence-corrected chi connectivity index (χ2v) is 2.55. The maximum absolute atomic E-state index is 9.39. The molecule has 3 nitrogen and oxygen atoms in total. The Morgan fingerprint density at radius 1 is 1.78 bits per heavy atom. The van der Waals surface area contributed by atoms with Crippen LogP contribution in [0.4, 0.5) is 0 Å². The van der Waals surface area contributed by atoms with Gasteiger partial charge in [-0.2, -0.15) is 0 Å². The van der Waals surface area contributed by atoms with Crippen molar-refractivity contribution in [2.75, 3.05) is 6.61 Å². The fraction of sp³-hybridized carbons (Fsp3) is 1.00. The first kappa shape index (κ1) is 6.99. The van der Waals surface area contributed by atoms with Crippen LogP contribution in [0.25, 0.3) is 0 Å². The molecule has 0 aromatic carbocycles. The van der Waals surface area contributed by atoms with Crippen molar-refractivity contribution in [3.63, 3.8) is 0 Å². The molecule has 0 spiro atoms. The van der Waals surface area contributed by atoms with Gasteiger partial charge < -0.3 is 14.9 Å². The van der Waals surface area contributed by atoms with E-state index in [-0.39, 0.29) is 6.61 Å². The zero-order chi connectivity index (χ0) is 6.91. The highest BCUT2D eigenvalue weighted by atomic mass is 16.6. The first-order valence-corrected chi connectivity index (χ1v) is 3.18. The van der Waals surface area contributed by atoms with Crippen molar-refractivity contribution < 1.29 is 14.9 Å². The maximum atomic E-state index is 9.39. The minimum atomic E-state index is -0.764. The summed E-state index contributed by atoms with van der Waals surface area (Å²) in [6.45, 7) is 2.14. The fourth-order valence-electron chi connectivity index (χ4n) is 0.941. The van der Waals surface area contributed by atoms with Crippen molar-refractivity contribution in [1.82, 2.24) is 0 Å². The standard InChI is InChI=1S/C6H12O3/c1-2-6(8)3-5(7)9-4-6/h5,7-8H,2-4H2,1H3/t5?,6-/m1/s1. The monoisotopic (exact) mass is 132 g/mol. The molecule has 1 aliphatic rings. The predicted molar refractivity (Wildman–Crippen MR) is 31.8 cm³/mol. The summed E-state index contributed by atoms with van der Waals surface area (Å²) in [6.07, 6.45) is 0.239. The van der Waals surface area contributed by atoms with Gasteiger partial charge in [0.1, 0.15) is 0 Å².